The van der Waals surface area contributed by atoms with Crippen molar-refractivity contribution in [3.8, 4) is 0 Å². The SMILES string of the molecule is Cc1ccc(NC(=O)c2ccc(Br)cc2Br)cc1I. The van der Waals surface area contributed by atoms with Crippen molar-refractivity contribution in [2.75, 3.05) is 5.32 Å². The second kappa shape index (κ2) is 6.37. The summed E-state index contributed by atoms with van der Waals surface area (Å²) < 4.78 is 2.83. The van der Waals surface area contributed by atoms with E-state index < -0.39 is 0 Å². The third-order valence-electron chi connectivity index (χ3n) is 2.61. The summed E-state index contributed by atoms with van der Waals surface area (Å²) in [5.41, 5.74) is 2.61. The summed E-state index contributed by atoms with van der Waals surface area (Å²) in [4.78, 5) is 12.2. The third-order valence-corrected chi connectivity index (χ3v) is 4.92. The Labute approximate surface area is 142 Å². The maximum absolute atomic E-state index is 12.2. The molecule has 2 aromatic carbocycles. The molecule has 0 atom stereocenters. The Morgan fingerprint density at radius 3 is 2.53 bits per heavy atom. The van der Waals surface area contributed by atoms with E-state index in [1.54, 1.807) is 6.07 Å². The van der Waals surface area contributed by atoms with Crippen molar-refractivity contribution in [3.63, 3.8) is 0 Å². The average molecular weight is 495 g/mol. The predicted octanol–water partition coefficient (Wildman–Crippen LogP) is 5.38. The van der Waals surface area contributed by atoms with E-state index in [-0.39, 0.29) is 5.91 Å². The van der Waals surface area contributed by atoms with Gasteiger partial charge in [-0.05, 0) is 81.3 Å². The fourth-order valence-electron chi connectivity index (χ4n) is 1.54. The zero-order valence-corrected chi connectivity index (χ0v) is 15.3. The molecule has 2 aromatic rings. The van der Waals surface area contributed by atoms with Crippen molar-refractivity contribution in [3.05, 3.63) is 60.0 Å². The zero-order valence-electron chi connectivity index (χ0n) is 10.0. The van der Waals surface area contributed by atoms with Gasteiger partial charge in [0, 0.05) is 18.2 Å². The minimum absolute atomic E-state index is 0.126. The molecule has 2 nitrogen and oxygen atoms in total. The van der Waals surface area contributed by atoms with E-state index in [4.69, 9.17) is 0 Å². The van der Waals surface area contributed by atoms with Crippen molar-refractivity contribution in [1.82, 2.24) is 0 Å². The van der Waals surface area contributed by atoms with Crippen molar-refractivity contribution in [1.29, 1.82) is 0 Å². The first-order valence-corrected chi connectivity index (χ1v) is 8.16. The molecule has 5 heteroatoms. The summed E-state index contributed by atoms with van der Waals surface area (Å²) in [7, 11) is 0. The van der Waals surface area contributed by atoms with Gasteiger partial charge in [0.2, 0.25) is 0 Å². The van der Waals surface area contributed by atoms with Crippen molar-refractivity contribution in [2.24, 2.45) is 0 Å². The van der Waals surface area contributed by atoms with Crippen LogP contribution in [0.15, 0.2) is 45.3 Å². The Morgan fingerprint density at radius 1 is 1.16 bits per heavy atom. The number of amides is 1. The van der Waals surface area contributed by atoms with Gasteiger partial charge in [0.05, 0.1) is 5.56 Å². The molecule has 1 amide bonds. The van der Waals surface area contributed by atoms with Crippen LogP contribution in [0.2, 0.25) is 0 Å². The van der Waals surface area contributed by atoms with Gasteiger partial charge in [-0.25, -0.2) is 0 Å². The van der Waals surface area contributed by atoms with Crippen LogP contribution in [0.5, 0.6) is 0 Å². The van der Waals surface area contributed by atoms with Gasteiger partial charge in [-0.2, -0.15) is 0 Å². The number of hydrogen-bond acceptors (Lipinski definition) is 1. The second-order valence-electron chi connectivity index (χ2n) is 4.04. The van der Waals surface area contributed by atoms with Gasteiger partial charge in [0.15, 0.2) is 0 Å². The minimum Gasteiger partial charge on any atom is -0.322 e. The Bertz CT molecular complexity index is 643. The molecule has 98 valence electrons. The van der Waals surface area contributed by atoms with Crippen molar-refractivity contribution >= 4 is 66.0 Å². The van der Waals surface area contributed by atoms with E-state index in [9.17, 15) is 4.79 Å². The topological polar surface area (TPSA) is 29.1 Å². The maximum atomic E-state index is 12.2. The summed E-state index contributed by atoms with van der Waals surface area (Å²) in [6, 6.07) is 11.3. The van der Waals surface area contributed by atoms with Crippen LogP contribution >= 0.6 is 54.5 Å². The van der Waals surface area contributed by atoms with E-state index in [0.29, 0.717) is 5.56 Å². The first kappa shape index (κ1) is 15.0. The Hall–Kier alpha value is -0.400. The largest absolute Gasteiger partial charge is 0.322 e. The highest BCUT2D eigenvalue weighted by Crippen LogP contribution is 2.23. The van der Waals surface area contributed by atoms with Gasteiger partial charge in [-0.3, -0.25) is 4.79 Å². The lowest BCUT2D eigenvalue weighted by molar-refractivity contribution is 0.102. The highest BCUT2D eigenvalue weighted by atomic mass is 127. The molecular weight excluding hydrogens is 485 g/mol. The van der Waals surface area contributed by atoms with E-state index in [1.165, 1.54) is 5.56 Å². The Morgan fingerprint density at radius 2 is 1.89 bits per heavy atom. The molecule has 0 saturated heterocycles. The van der Waals surface area contributed by atoms with Crippen LogP contribution in [0, 0.1) is 10.5 Å². The minimum atomic E-state index is -0.126. The molecule has 0 fully saturated rings. The normalized spacial score (nSPS) is 10.3. The van der Waals surface area contributed by atoms with Gasteiger partial charge < -0.3 is 5.32 Å². The molecule has 0 saturated carbocycles. The van der Waals surface area contributed by atoms with Crippen molar-refractivity contribution < 1.29 is 4.79 Å². The van der Waals surface area contributed by atoms with Crippen LogP contribution in [0.25, 0.3) is 0 Å². The molecule has 0 bridgehead atoms. The molecule has 0 spiro atoms. The fraction of sp³-hybridized carbons (Fsp3) is 0.0714. The smallest absolute Gasteiger partial charge is 0.256 e. The quantitative estimate of drug-likeness (QED) is 0.558. The number of carbonyl (C=O) groups is 1. The molecule has 0 radical (unpaired) electrons. The lowest BCUT2D eigenvalue weighted by Gasteiger charge is -2.08. The number of rotatable bonds is 2. The van der Waals surface area contributed by atoms with Crippen molar-refractivity contribution in [2.45, 2.75) is 6.92 Å². The first-order chi connectivity index (χ1) is 8.97. The number of benzene rings is 2. The lowest BCUT2D eigenvalue weighted by atomic mass is 10.2. The molecule has 0 aliphatic rings. The monoisotopic (exact) mass is 493 g/mol. The number of halogens is 3. The van der Waals surface area contributed by atoms with Crippen LogP contribution in [0.1, 0.15) is 15.9 Å². The van der Waals surface area contributed by atoms with E-state index in [0.717, 1.165) is 18.2 Å². The number of aryl methyl sites for hydroxylation is 1. The summed E-state index contributed by atoms with van der Waals surface area (Å²) in [6.07, 6.45) is 0. The molecule has 19 heavy (non-hydrogen) atoms. The van der Waals surface area contributed by atoms with E-state index in [2.05, 4.69) is 59.8 Å². The maximum Gasteiger partial charge on any atom is 0.256 e. The van der Waals surface area contributed by atoms with E-state index in [1.807, 2.05) is 37.3 Å². The average Bonchev–Trinajstić information content (AvgIpc) is 2.33. The molecule has 1 N–H and O–H groups in total. The summed E-state index contributed by atoms with van der Waals surface area (Å²) in [5.74, 6) is -0.126. The number of anilines is 1. The Balaban J connectivity index is 2.23. The number of carbonyl (C=O) groups excluding carboxylic acids is 1. The highest BCUT2D eigenvalue weighted by Gasteiger charge is 2.10. The molecular formula is C14H10Br2INO. The van der Waals surface area contributed by atoms with Crippen LogP contribution in [0.4, 0.5) is 5.69 Å². The zero-order chi connectivity index (χ0) is 14.0. The van der Waals surface area contributed by atoms with E-state index >= 15 is 0 Å². The fourth-order valence-corrected chi connectivity index (χ4v) is 3.29. The van der Waals surface area contributed by atoms with Gasteiger partial charge in [0.25, 0.3) is 5.91 Å². The summed E-state index contributed by atoms with van der Waals surface area (Å²) in [6.45, 7) is 2.04. The molecule has 0 aliphatic carbocycles. The van der Waals surface area contributed by atoms with Crippen LogP contribution in [-0.2, 0) is 0 Å². The number of hydrogen-bond donors (Lipinski definition) is 1. The number of nitrogens with one attached hydrogen (secondary N) is 1. The van der Waals surface area contributed by atoms with Crippen LogP contribution < -0.4 is 5.32 Å². The van der Waals surface area contributed by atoms with Gasteiger partial charge >= 0.3 is 0 Å². The summed E-state index contributed by atoms with van der Waals surface area (Å²) >= 11 is 9.02. The first-order valence-electron chi connectivity index (χ1n) is 5.50. The third kappa shape index (κ3) is 3.79. The lowest BCUT2D eigenvalue weighted by Crippen LogP contribution is -2.12. The standard InChI is InChI=1S/C14H10Br2INO/c1-8-2-4-10(7-13(8)17)18-14(19)11-5-3-9(15)6-12(11)16/h2-7H,1H3,(H,18,19). The van der Waals surface area contributed by atoms with Crippen LogP contribution in [0.3, 0.4) is 0 Å². The second-order valence-corrected chi connectivity index (χ2v) is 6.97. The van der Waals surface area contributed by atoms with Gasteiger partial charge in [0.1, 0.15) is 0 Å². The molecule has 0 heterocycles. The van der Waals surface area contributed by atoms with Gasteiger partial charge in [-0.1, -0.05) is 22.0 Å². The van der Waals surface area contributed by atoms with Crippen LogP contribution in [-0.4, -0.2) is 5.91 Å². The van der Waals surface area contributed by atoms with Gasteiger partial charge in [-0.15, -0.1) is 0 Å². The Kier molecular flexibility index (Phi) is 5.03. The summed E-state index contributed by atoms with van der Waals surface area (Å²) in [5, 5.41) is 2.90. The predicted molar refractivity (Wildman–Crippen MR) is 93.7 cm³/mol. The molecule has 0 aliphatic heterocycles. The molecule has 2 rings (SSSR count). The molecule has 0 unspecified atom stereocenters. The molecule has 0 aromatic heterocycles. The highest BCUT2D eigenvalue weighted by molar-refractivity contribution is 14.1.